The number of ether oxygens (including phenoxy) is 1. The fraction of sp³-hybridized carbons (Fsp3) is 0.462. The van der Waals surface area contributed by atoms with E-state index in [4.69, 9.17) is 4.74 Å². The molecule has 0 radical (unpaired) electrons. The summed E-state index contributed by atoms with van der Waals surface area (Å²) in [7, 11) is 5.96. The smallest absolute Gasteiger partial charge is 0.253 e. The van der Waals surface area contributed by atoms with Crippen molar-refractivity contribution in [1.29, 1.82) is 0 Å². The second kappa shape index (κ2) is 10.4. The normalized spacial score (nSPS) is 18.3. The Balaban J connectivity index is 1.65. The molecule has 182 valence electrons. The van der Waals surface area contributed by atoms with E-state index in [1.165, 1.54) is 12.8 Å². The highest BCUT2D eigenvalue weighted by atomic mass is 79.9. The van der Waals surface area contributed by atoms with Gasteiger partial charge in [-0.3, -0.25) is 4.79 Å². The second-order valence-corrected chi connectivity index (χ2v) is 10.4. The maximum Gasteiger partial charge on any atom is 0.253 e. The number of hydrogen-bond acceptors (Lipinski definition) is 6. The fourth-order valence-electron chi connectivity index (χ4n) is 4.88. The van der Waals surface area contributed by atoms with E-state index in [2.05, 4.69) is 67.7 Å². The minimum Gasteiger partial charge on any atom is -0.481 e. The summed E-state index contributed by atoms with van der Waals surface area (Å²) in [6, 6.07) is 9.23. The van der Waals surface area contributed by atoms with Crippen LogP contribution in [0.3, 0.4) is 0 Å². The lowest BCUT2D eigenvalue weighted by atomic mass is 9.90. The Morgan fingerprint density at radius 2 is 1.85 bits per heavy atom. The van der Waals surface area contributed by atoms with E-state index in [1.54, 1.807) is 7.11 Å². The van der Waals surface area contributed by atoms with Crippen molar-refractivity contribution < 1.29 is 4.74 Å². The van der Waals surface area contributed by atoms with E-state index < -0.39 is 0 Å². The number of halogens is 1. The van der Waals surface area contributed by atoms with Crippen LogP contribution in [-0.4, -0.2) is 48.2 Å². The van der Waals surface area contributed by atoms with Gasteiger partial charge in [-0.05, 0) is 77.4 Å². The molecule has 0 bridgehead atoms. The molecule has 0 saturated heterocycles. The van der Waals surface area contributed by atoms with Gasteiger partial charge in [0.05, 0.1) is 7.11 Å². The molecular formula is C26H34BrN5O2. The minimum atomic E-state index is -0.0749. The van der Waals surface area contributed by atoms with Gasteiger partial charge in [0.15, 0.2) is 0 Å². The van der Waals surface area contributed by atoms with Gasteiger partial charge in [0.1, 0.15) is 5.82 Å². The first-order valence-corrected chi connectivity index (χ1v) is 12.6. The van der Waals surface area contributed by atoms with Crippen molar-refractivity contribution in [3.8, 4) is 5.88 Å². The number of aromatic nitrogens is 2. The summed E-state index contributed by atoms with van der Waals surface area (Å²) in [6.45, 7) is 4.22. The van der Waals surface area contributed by atoms with Gasteiger partial charge in [0, 0.05) is 56.9 Å². The molecule has 0 aliphatic heterocycles. The van der Waals surface area contributed by atoms with Gasteiger partial charge in [-0.1, -0.05) is 15.9 Å². The van der Waals surface area contributed by atoms with Gasteiger partial charge in [-0.15, -0.1) is 0 Å². The van der Waals surface area contributed by atoms with Crippen molar-refractivity contribution in [3.05, 3.63) is 55.9 Å². The summed E-state index contributed by atoms with van der Waals surface area (Å²) in [5.74, 6) is 1.22. The number of fused-ring (bicyclic) bond motifs is 1. The van der Waals surface area contributed by atoms with Gasteiger partial charge in [-0.2, -0.15) is 4.98 Å². The van der Waals surface area contributed by atoms with E-state index in [0.717, 1.165) is 45.0 Å². The largest absolute Gasteiger partial charge is 0.481 e. The van der Waals surface area contributed by atoms with Crippen molar-refractivity contribution in [2.45, 2.75) is 58.2 Å². The van der Waals surface area contributed by atoms with Crippen LogP contribution in [0.5, 0.6) is 5.88 Å². The van der Waals surface area contributed by atoms with Gasteiger partial charge < -0.3 is 25.3 Å². The zero-order valence-corrected chi connectivity index (χ0v) is 22.2. The van der Waals surface area contributed by atoms with Crippen molar-refractivity contribution in [3.63, 3.8) is 0 Å². The second-order valence-electron chi connectivity index (χ2n) is 9.47. The van der Waals surface area contributed by atoms with Gasteiger partial charge in [0.25, 0.3) is 5.56 Å². The van der Waals surface area contributed by atoms with Crippen LogP contribution in [-0.2, 0) is 6.54 Å². The highest BCUT2D eigenvalue weighted by molar-refractivity contribution is 9.10. The van der Waals surface area contributed by atoms with Crippen LogP contribution in [0.4, 0.5) is 11.5 Å². The highest BCUT2D eigenvalue weighted by Crippen LogP contribution is 2.36. The van der Waals surface area contributed by atoms with Crippen molar-refractivity contribution in [2.75, 3.05) is 31.8 Å². The first kappa shape index (κ1) is 24.5. The lowest BCUT2D eigenvalue weighted by Gasteiger charge is -2.33. The summed E-state index contributed by atoms with van der Waals surface area (Å²) < 4.78 is 6.51. The third-order valence-electron chi connectivity index (χ3n) is 6.81. The van der Waals surface area contributed by atoms with Crippen LogP contribution < -0.4 is 20.9 Å². The van der Waals surface area contributed by atoms with Crippen LogP contribution in [0, 0.1) is 13.8 Å². The summed E-state index contributed by atoms with van der Waals surface area (Å²) in [5, 5.41) is 9.19. The van der Waals surface area contributed by atoms with E-state index in [9.17, 15) is 4.79 Å². The summed E-state index contributed by atoms with van der Waals surface area (Å²) >= 11 is 3.69. The number of aromatic amines is 1. The molecule has 7 nitrogen and oxygen atoms in total. The molecule has 1 fully saturated rings. The molecule has 0 amide bonds. The molecular weight excluding hydrogens is 494 g/mol. The maximum atomic E-state index is 12.5. The molecule has 0 unspecified atom stereocenters. The van der Waals surface area contributed by atoms with Crippen LogP contribution in [0.25, 0.3) is 10.8 Å². The summed E-state index contributed by atoms with van der Waals surface area (Å²) in [5.41, 5.74) is 3.50. The third kappa shape index (κ3) is 5.39. The monoisotopic (exact) mass is 527 g/mol. The number of benzene rings is 1. The molecule has 3 aromatic rings. The molecule has 8 heteroatoms. The number of anilines is 2. The van der Waals surface area contributed by atoms with Crippen LogP contribution in [0.2, 0.25) is 0 Å². The Kier molecular flexibility index (Phi) is 7.48. The number of nitrogens with one attached hydrogen (secondary N) is 3. The van der Waals surface area contributed by atoms with E-state index >= 15 is 0 Å². The first-order valence-electron chi connectivity index (χ1n) is 11.8. The maximum absolute atomic E-state index is 12.5. The van der Waals surface area contributed by atoms with Gasteiger partial charge in [0.2, 0.25) is 5.88 Å². The molecule has 1 aliphatic carbocycles. The number of rotatable bonds is 7. The SMILES string of the molecule is COc1cc2c(NC3CCC(N(C)C)CC3)cc(Br)cc2c(NCc2c(C)cc(C)[nH]c2=O)n1. The zero-order chi connectivity index (χ0) is 24.4. The topological polar surface area (TPSA) is 82.3 Å². The quantitative estimate of drug-likeness (QED) is 0.391. The number of pyridine rings is 2. The lowest BCUT2D eigenvalue weighted by Crippen LogP contribution is -2.36. The lowest BCUT2D eigenvalue weighted by molar-refractivity contribution is 0.221. The molecule has 0 spiro atoms. The average Bonchev–Trinajstić information content (AvgIpc) is 2.78. The first-order chi connectivity index (χ1) is 16.2. The van der Waals surface area contributed by atoms with Gasteiger partial charge in [-0.25, -0.2) is 0 Å². The molecule has 3 N–H and O–H groups in total. The molecule has 0 atom stereocenters. The molecule has 2 aromatic heterocycles. The Hall–Kier alpha value is -2.58. The summed E-state index contributed by atoms with van der Waals surface area (Å²) in [4.78, 5) is 22.4. The van der Waals surface area contributed by atoms with Crippen LogP contribution >= 0.6 is 15.9 Å². The average molecular weight is 528 g/mol. The molecule has 1 aliphatic rings. The number of methoxy groups -OCH3 is 1. The highest BCUT2D eigenvalue weighted by Gasteiger charge is 2.23. The van der Waals surface area contributed by atoms with E-state index in [0.29, 0.717) is 35.9 Å². The number of nitrogens with zero attached hydrogens (tertiary/aromatic N) is 2. The molecule has 2 heterocycles. The standard InChI is InChI=1S/C26H34BrN5O2/c1-15-10-16(2)29-26(33)22(15)14-28-25-21-11-17(27)12-23(20(21)13-24(31-25)34-5)30-18-6-8-19(9-7-18)32(3)4/h10-13,18-19,30H,6-9,14H2,1-5H3,(H,28,31)(H,29,33). The molecule has 4 rings (SSSR count). The number of H-pyrrole nitrogens is 1. The number of aryl methyl sites for hydroxylation is 2. The predicted molar refractivity (Wildman–Crippen MR) is 143 cm³/mol. The van der Waals surface area contributed by atoms with Crippen LogP contribution in [0.15, 0.2) is 33.5 Å². The van der Waals surface area contributed by atoms with Crippen molar-refractivity contribution >= 4 is 38.2 Å². The van der Waals surface area contributed by atoms with E-state index in [1.807, 2.05) is 26.0 Å². The Labute approximate surface area is 209 Å². The van der Waals surface area contributed by atoms with Crippen LogP contribution in [0.1, 0.15) is 42.5 Å². The molecule has 1 aromatic carbocycles. The predicted octanol–water partition coefficient (Wildman–Crippen LogP) is 5.21. The zero-order valence-electron chi connectivity index (χ0n) is 20.6. The van der Waals surface area contributed by atoms with E-state index in [-0.39, 0.29) is 5.56 Å². The van der Waals surface area contributed by atoms with Crippen molar-refractivity contribution in [1.82, 2.24) is 14.9 Å². The Bertz CT molecular complexity index is 1230. The van der Waals surface area contributed by atoms with Crippen molar-refractivity contribution in [2.24, 2.45) is 0 Å². The number of hydrogen-bond donors (Lipinski definition) is 3. The minimum absolute atomic E-state index is 0.0749. The fourth-order valence-corrected chi connectivity index (χ4v) is 5.34. The Morgan fingerprint density at radius 1 is 1.12 bits per heavy atom. The van der Waals surface area contributed by atoms with Gasteiger partial charge >= 0.3 is 0 Å². The third-order valence-corrected chi connectivity index (χ3v) is 7.27. The summed E-state index contributed by atoms with van der Waals surface area (Å²) in [6.07, 6.45) is 4.66. The molecule has 1 saturated carbocycles. The molecule has 34 heavy (non-hydrogen) atoms. The Morgan fingerprint density at radius 3 is 2.50 bits per heavy atom.